The third-order valence-corrected chi connectivity index (χ3v) is 4.54. The predicted molar refractivity (Wildman–Crippen MR) is 70.5 cm³/mol. The standard InChI is InChI=1S/C15H27N/c1-3-7-13-10-15(11-13,12-16-2)14-8-5-4-6-9-14/h8,13,16H,3-7,9-12H2,1-2H3. The van der Waals surface area contributed by atoms with E-state index in [1.54, 1.807) is 5.57 Å². The molecule has 1 fully saturated rings. The number of hydrogen-bond acceptors (Lipinski definition) is 1. The Labute approximate surface area is 101 Å². The normalized spacial score (nSPS) is 34.4. The lowest BCUT2D eigenvalue weighted by atomic mass is 9.56. The highest BCUT2D eigenvalue weighted by Gasteiger charge is 2.45. The number of nitrogens with one attached hydrogen (secondary N) is 1. The third kappa shape index (κ3) is 2.34. The largest absolute Gasteiger partial charge is 0.319 e. The van der Waals surface area contributed by atoms with Crippen LogP contribution < -0.4 is 5.32 Å². The average Bonchev–Trinajstić information content (AvgIpc) is 2.27. The lowest BCUT2D eigenvalue weighted by molar-refractivity contribution is 0.0827. The van der Waals surface area contributed by atoms with Crippen LogP contribution in [0.25, 0.3) is 0 Å². The van der Waals surface area contributed by atoms with Gasteiger partial charge >= 0.3 is 0 Å². The summed E-state index contributed by atoms with van der Waals surface area (Å²) >= 11 is 0. The molecular weight excluding hydrogens is 194 g/mol. The van der Waals surface area contributed by atoms with Crippen molar-refractivity contribution in [2.24, 2.45) is 11.3 Å². The van der Waals surface area contributed by atoms with E-state index in [-0.39, 0.29) is 0 Å². The van der Waals surface area contributed by atoms with E-state index in [1.165, 1.54) is 57.9 Å². The van der Waals surface area contributed by atoms with E-state index in [4.69, 9.17) is 0 Å². The molecule has 1 N–H and O–H groups in total. The first-order valence-electron chi connectivity index (χ1n) is 7.15. The first kappa shape index (κ1) is 12.2. The summed E-state index contributed by atoms with van der Waals surface area (Å²) in [6.45, 7) is 3.52. The summed E-state index contributed by atoms with van der Waals surface area (Å²) in [6.07, 6.45) is 13.8. The van der Waals surface area contributed by atoms with Crippen LogP contribution in [0.3, 0.4) is 0 Å². The van der Waals surface area contributed by atoms with Gasteiger partial charge in [-0.1, -0.05) is 31.4 Å². The van der Waals surface area contributed by atoms with Crippen molar-refractivity contribution < 1.29 is 0 Å². The smallest absolute Gasteiger partial charge is 0.00424 e. The van der Waals surface area contributed by atoms with E-state index in [1.807, 2.05) is 0 Å². The summed E-state index contributed by atoms with van der Waals surface area (Å²) in [5.41, 5.74) is 2.36. The molecule has 0 radical (unpaired) electrons. The minimum Gasteiger partial charge on any atom is -0.319 e. The molecule has 1 heteroatoms. The minimum absolute atomic E-state index is 0.564. The Kier molecular flexibility index (Phi) is 4.07. The van der Waals surface area contributed by atoms with Crippen LogP contribution in [-0.2, 0) is 0 Å². The molecule has 2 rings (SSSR count). The second-order valence-electron chi connectivity index (χ2n) is 5.85. The van der Waals surface area contributed by atoms with Crippen molar-refractivity contribution in [3.05, 3.63) is 11.6 Å². The van der Waals surface area contributed by atoms with Gasteiger partial charge in [0, 0.05) is 12.0 Å². The first-order chi connectivity index (χ1) is 7.80. The van der Waals surface area contributed by atoms with Crippen LogP contribution in [0.5, 0.6) is 0 Å². The zero-order valence-electron chi connectivity index (χ0n) is 11.0. The van der Waals surface area contributed by atoms with E-state index in [0.717, 1.165) is 5.92 Å². The monoisotopic (exact) mass is 221 g/mol. The second-order valence-corrected chi connectivity index (χ2v) is 5.85. The van der Waals surface area contributed by atoms with Gasteiger partial charge in [-0.25, -0.2) is 0 Å². The van der Waals surface area contributed by atoms with Crippen LogP contribution in [0.4, 0.5) is 0 Å². The van der Waals surface area contributed by atoms with Crippen LogP contribution in [0, 0.1) is 11.3 Å². The van der Waals surface area contributed by atoms with Gasteiger partial charge in [0.2, 0.25) is 0 Å². The predicted octanol–water partition coefficient (Wildman–Crippen LogP) is 3.90. The van der Waals surface area contributed by atoms with Crippen LogP contribution in [0.1, 0.15) is 58.3 Å². The van der Waals surface area contributed by atoms with Gasteiger partial charge < -0.3 is 5.32 Å². The van der Waals surface area contributed by atoms with Crippen LogP contribution >= 0.6 is 0 Å². The SMILES string of the molecule is CCCC1CC(CNC)(C2=CCCCC2)C1. The fourth-order valence-electron chi connectivity index (χ4n) is 3.84. The highest BCUT2D eigenvalue weighted by molar-refractivity contribution is 5.22. The summed E-state index contributed by atoms with van der Waals surface area (Å²) in [5, 5.41) is 3.43. The molecule has 16 heavy (non-hydrogen) atoms. The van der Waals surface area contributed by atoms with E-state index < -0.39 is 0 Å². The van der Waals surface area contributed by atoms with Gasteiger partial charge in [-0.2, -0.15) is 0 Å². The molecule has 2 aliphatic rings. The van der Waals surface area contributed by atoms with Crippen molar-refractivity contribution in [3.8, 4) is 0 Å². The Morgan fingerprint density at radius 3 is 2.75 bits per heavy atom. The van der Waals surface area contributed by atoms with Crippen molar-refractivity contribution >= 4 is 0 Å². The van der Waals surface area contributed by atoms with Crippen molar-refractivity contribution in [2.45, 2.75) is 58.3 Å². The highest BCUT2D eigenvalue weighted by Crippen LogP contribution is 2.54. The van der Waals surface area contributed by atoms with E-state index in [9.17, 15) is 0 Å². The van der Waals surface area contributed by atoms with Gasteiger partial charge in [-0.05, 0) is 51.5 Å². The van der Waals surface area contributed by atoms with Gasteiger partial charge in [0.25, 0.3) is 0 Å². The molecular formula is C15H27N. The fraction of sp³-hybridized carbons (Fsp3) is 0.867. The van der Waals surface area contributed by atoms with Gasteiger partial charge in [-0.3, -0.25) is 0 Å². The molecule has 0 aromatic carbocycles. The molecule has 1 saturated carbocycles. The van der Waals surface area contributed by atoms with Crippen molar-refractivity contribution in [2.75, 3.05) is 13.6 Å². The summed E-state index contributed by atoms with van der Waals surface area (Å²) in [5.74, 6) is 1.01. The first-order valence-corrected chi connectivity index (χ1v) is 7.15. The molecule has 0 amide bonds. The molecule has 0 atom stereocenters. The molecule has 0 aliphatic heterocycles. The van der Waals surface area contributed by atoms with Gasteiger partial charge in [-0.15, -0.1) is 0 Å². The van der Waals surface area contributed by atoms with Gasteiger partial charge in [0.1, 0.15) is 0 Å². The minimum atomic E-state index is 0.564. The molecule has 0 bridgehead atoms. The van der Waals surface area contributed by atoms with Crippen molar-refractivity contribution in [3.63, 3.8) is 0 Å². The lowest BCUT2D eigenvalue weighted by Crippen LogP contribution is -2.46. The molecule has 2 aliphatic carbocycles. The lowest BCUT2D eigenvalue weighted by Gasteiger charge is -2.50. The third-order valence-electron chi connectivity index (χ3n) is 4.54. The highest BCUT2D eigenvalue weighted by atomic mass is 14.8. The number of rotatable bonds is 5. The molecule has 1 nitrogen and oxygen atoms in total. The Hall–Kier alpha value is -0.300. The summed E-state index contributed by atoms with van der Waals surface area (Å²) in [4.78, 5) is 0. The number of allylic oxidation sites excluding steroid dienone is 1. The Bertz CT molecular complexity index is 248. The molecule has 0 heterocycles. The quantitative estimate of drug-likeness (QED) is 0.694. The molecule has 0 saturated heterocycles. The molecule has 92 valence electrons. The molecule has 0 unspecified atom stereocenters. The second kappa shape index (κ2) is 5.35. The van der Waals surface area contributed by atoms with Crippen LogP contribution in [0.15, 0.2) is 11.6 Å². The average molecular weight is 221 g/mol. The van der Waals surface area contributed by atoms with Gasteiger partial charge in [0.15, 0.2) is 0 Å². The Morgan fingerprint density at radius 1 is 1.38 bits per heavy atom. The maximum absolute atomic E-state index is 3.43. The summed E-state index contributed by atoms with van der Waals surface area (Å²) in [7, 11) is 2.11. The van der Waals surface area contributed by atoms with E-state index >= 15 is 0 Å². The maximum atomic E-state index is 3.43. The van der Waals surface area contributed by atoms with Crippen molar-refractivity contribution in [1.82, 2.24) is 5.32 Å². The molecule has 0 aromatic heterocycles. The summed E-state index contributed by atoms with van der Waals surface area (Å²) in [6, 6.07) is 0. The van der Waals surface area contributed by atoms with E-state index in [0.29, 0.717) is 5.41 Å². The zero-order valence-corrected chi connectivity index (χ0v) is 11.0. The molecule has 0 aromatic rings. The topological polar surface area (TPSA) is 12.0 Å². The molecule has 0 spiro atoms. The van der Waals surface area contributed by atoms with Gasteiger partial charge in [0.05, 0.1) is 0 Å². The maximum Gasteiger partial charge on any atom is 0.00424 e. The zero-order chi connectivity index (χ0) is 11.4. The van der Waals surface area contributed by atoms with E-state index in [2.05, 4.69) is 25.4 Å². The van der Waals surface area contributed by atoms with Crippen LogP contribution in [-0.4, -0.2) is 13.6 Å². The van der Waals surface area contributed by atoms with Crippen LogP contribution in [0.2, 0.25) is 0 Å². The Morgan fingerprint density at radius 2 is 2.19 bits per heavy atom. The fourth-order valence-corrected chi connectivity index (χ4v) is 3.84. The van der Waals surface area contributed by atoms with Crippen molar-refractivity contribution in [1.29, 1.82) is 0 Å². The summed E-state index contributed by atoms with van der Waals surface area (Å²) < 4.78 is 0. The Balaban J connectivity index is 1.98. The number of hydrogen-bond donors (Lipinski definition) is 1.